The molecule has 23 aromatic carbocycles. The number of hydrogen-bond donors (Lipinski definition) is 0. The number of nitrogens with zero attached hydrogens (tertiary/aromatic N) is 2. The summed E-state index contributed by atoms with van der Waals surface area (Å²) in [5.74, 6) is 0. The Kier molecular flexibility index (Phi) is 18.0. The van der Waals surface area contributed by atoms with Gasteiger partial charge in [-0.3, -0.25) is 0 Å². The van der Waals surface area contributed by atoms with Crippen LogP contribution in [0.25, 0.3) is 238 Å². The summed E-state index contributed by atoms with van der Waals surface area (Å²) in [6.45, 7) is 0. The molecule has 0 fully saturated rings. The van der Waals surface area contributed by atoms with Crippen molar-refractivity contribution in [3.05, 3.63) is 473 Å². The Morgan fingerprint density at radius 1 is 0.157 bits per heavy atom. The van der Waals surface area contributed by atoms with Crippen molar-refractivity contribution in [2.45, 2.75) is 0 Å². The normalized spacial score (nSPS) is 11.9. The number of benzene rings is 23. The van der Waals surface area contributed by atoms with Crippen LogP contribution in [0.5, 0.6) is 0 Å². The van der Waals surface area contributed by atoms with Crippen molar-refractivity contribution in [1.82, 2.24) is 0 Å². The summed E-state index contributed by atoms with van der Waals surface area (Å²) in [6.07, 6.45) is 0. The Balaban J connectivity index is 0.550. The van der Waals surface area contributed by atoms with Crippen LogP contribution in [0.2, 0.25) is 0 Å². The van der Waals surface area contributed by atoms with Crippen molar-refractivity contribution >= 4 is 195 Å². The summed E-state index contributed by atoms with van der Waals surface area (Å²) in [6, 6.07) is 174. The highest BCUT2D eigenvalue weighted by Crippen LogP contribution is 2.53. The molecule has 0 amide bonds. The molecule has 0 aliphatic carbocycles. The van der Waals surface area contributed by atoms with E-state index in [0.717, 1.165) is 172 Å². The number of furan rings is 2. The first kappa shape index (κ1) is 77.0. The molecule has 4 aromatic heterocycles. The molecule has 0 bridgehead atoms. The van der Waals surface area contributed by atoms with Crippen LogP contribution in [0, 0.1) is 0 Å². The monoisotopic (exact) mass is 1740 g/mol. The van der Waals surface area contributed by atoms with Crippen LogP contribution in [0.15, 0.2) is 482 Å². The van der Waals surface area contributed by atoms with Gasteiger partial charge in [0, 0.05) is 124 Å². The van der Waals surface area contributed by atoms with E-state index in [9.17, 15) is 0 Å². The lowest BCUT2D eigenvalue weighted by Crippen LogP contribution is -2.11. The van der Waals surface area contributed by atoms with Gasteiger partial charge in [-0.05, 0) is 218 Å². The fourth-order valence-corrected chi connectivity index (χ4v) is 23.7. The summed E-state index contributed by atoms with van der Waals surface area (Å²) in [7, 11) is 0. The number of rotatable bonds is 15. The van der Waals surface area contributed by atoms with Crippen molar-refractivity contribution < 1.29 is 8.83 Å². The fourth-order valence-electron chi connectivity index (χ4n) is 21.1. The van der Waals surface area contributed by atoms with E-state index in [2.05, 4.69) is 483 Å². The quantitative estimate of drug-likeness (QED) is 0.102. The van der Waals surface area contributed by atoms with E-state index < -0.39 is 0 Å². The molecule has 27 aromatic rings. The van der Waals surface area contributed by atoms with Gasteiger partial charge < -0.3 is 18.6 Å². The van der Waals surface area contributed by atoms with E-state index in [1.165, 1.54) is 101 Å². The molecule has 0 saturated heterocycles. The van der Waals surface area contributed by atoms with Crippen molar-refractivity contribution in [3.8, 4) is 100 Å². The predicted octanol–water partition coefficient (Wildman–Crippen LogP) is 37.9. The van der Waals surface area contributed by atoms with Gasteiger partial charge in [0.2, 0.25) is 0 Å². The van der Waals surface area contributed by atoms with Gasteiger partial charge in [-0.2, -0.15) is 0 Å². The molecule has 6 heteroatoms. The maximum Gasteiger partial charge on any atom is 0.143 e. The number of anilines is 6. The first-order valence-electron chi connectivity index (χ1n) is 45.8. The Morgan fingerprint density at radius 3 is 1.21 bits per heavy atom. The molecule has 0 saturated carbocycles. The lowest BCUT2D eigenvalue weighted by atomic mass is 9.91. The molecule has 0 aliphatic heterocycles. The van der Waals surface area contributed by atoms with E-state index in [0.29, 0.717) is 0 Å². The Hall–Kier alpha value is -17.0. The van der Waals surface area contributed by atoms with Crippen LogP contribution >= 0.6 is 22.7 Å². The molecule has 0 N–H and O–H groups in total. The van der Waals surface area contributed by atoms with Crippen LogP contribution in [0.4, 0.5) is 34.1 Å². The molecule has 0 atom stereocenters. The lowest BCUT2D eigenvalue weighted by Gasteiger charge is -2.29. The van der Waals surface area contributed by atoms with Crippen LogP contribution in [-0.4, -0.2) is 0 Å². The van der Waals surface area contributed by atoms with Gasteiger partial charge in [0.15, 0.2) is 0 Å². The third-order valence-corrected chi connectivity index (χ3v) is 30.1. The number of fused-ring (bicyclic) bond motifs is 20. The highest BCUT2D eigenvalue weighted by Gasteiger charge is 2.27. The summed E-state index contributed by atoms with van der Waals surface area (Å²) in [5.41, 5.74) is 30.0. The Labute approximate surface area is 780 Å². The van der Waals surface area contributed by atoms with E-state index in [1.54, 1.807) is 0 Å². The van der Waals surface area contributed by atoms with Gasteiger partial charge in [-0.1, -0.05) is 376 Å². The average molecular weight is 1740 g/mol. The first-order chi connectivity index (χ1) is 66.4. The van der Waals surface area contributed by atoms with E-state index >= 15 is 0 Å². The predicted molar refractivity (Wildman–Crippen MR) is 573 cm³/mol. The third-order valence-electron chi connectivity index (χ3n) is 27.6. The maximum absolute atomic E-state index is 7.39. The number of thiophene rings is 2. The number of para-hydroxylation sites is 3. The summed E-state index contributed by atoms with van der Waals surface area (Å²) < 4.78 is 19.9. The summed E-state index contributed by atoms with van der Waals surface area (Å²) in [5, 5.41) is 21.2. The molecule has 4 heterocycles. The number of hydrogen-bond acceptors (Lipinski definition) is 6. The largest absolute Gasteiger partial charge is 0.455 e. The molecule has 0 radical (unpaired) electrons. The van der Waals surface area contributed by atoms with E-state index in [1.807, 2.05) is 22.7 Å². The second-order valence-corrected chi connectivity index (χ2v) is 37.3. The smallest absolute Gasteiger partial charge is 0.143 e. The first-order valence-corrected chi connectivity index (χ1v) is 47.4. The van der Waals surface area contributed by atoms with Gasteiger partial charge in [0.25, 0.3) is 0 Å². The van der Waals surface area contributed by atoms with E-state index in [4.69, 9.17) is 8.83 Å². The molecule has 4 nitrogen and oxygen atoms in total. The van der Waals surface area contributed by atoms with Crippen LogP contribution in [-0.2, 0) is 0 Å². The molecule has 0 spiro atoms. The van der Waals surface area contributed by atoms with Gasteiger partial charge in [0.1, 0.15) is 22.3 Å². The fraction of sp³-hybridized carbons (Fsp3) is 0. The van der Waals surface area contributed by atoms with E-state index in [-0.39, 0.29) is 0 Å². The van der Waals surface area contributed by atoms with Crippen LogP contribution < -0.4 is 9.80 Å². The van der Waals surface area contributed by atoms with Gasteiger partial charge in [0.05, 0.1) is 5.69 Å². The Morgan fingerprint density at radius 2 is 0.560 bits per heavy atom. The molecule has 0 aliphatic rings. The van der Waals surface area contributed by atoms with Gasteiger partial charge >= 0.3 is 0 Å². The molecular formula is C128H78N2O2S2. The highest BCUT2D eigenvalue weighted by atomic mass is 32.1. The zero-order chi connectivity index (χ0) is 88.0. The SMILES string of the molecule is c1ccc(-c2ccc(N(c3ccc(-c4ccc(-c5cccc6c5oc5c7ccccc7c(-c7ccc8cc(-c9cccc%10c9oc9c(-c%11ccccc%11)cccc9%10)c(N(c9ccc(-c%10cc%11ccccc%11c%11c%10sc%10c%12ccccc%12ccc%10%11)cc9)c9ccc%10ccccc%10c9)cc8c7)cc65)cc4)cc3)c3ccc(-c4ccc(-c5cccc6c5sc5ccccc56)cc4)cc3)cc2)cc1. The summed E-state index contributed by atoms with van der Waals surface area (Å²) >= 11 is 3.78. The highest BCUT2D eigenvalue weighted by molar-refractivity contribution is 7.27. The van der Waals surface area contributed by atoms with Crippen molar-refractivity contribution in [2.24, 2.45) is 0 Å². The van der Waals surface area contributed by atoms with Crippen LogP contribution in [0.1, 0.15) is 0 Å². The second-order valence-electron chi connectivity index (χ2n) is 35.2. The standard InChI is InChI=1S/C128H78N2O2S2/c1-3-21-79(22-4-1)83-53-63-96(64-54-83)129(98-67-57-85(58-68-98)82-45-49-89(50-46-82)105-36-19-41-113-107-32-15-16-42-120(107)133-126(105)113)97-65-55-84(56-66-97)81-43-47-88(48-44-81)103-35-18-40-112-118-78-115(106-31-13-14-33-108(106)125(118)132-123(103)112)94-52-51-92-75-117(111-39-20-38-110-109-37-17-34-102(122(109)131-124(110)111)86-24-5-2-6-25-86)119(77-95(92)73-94)130(100-71-59-80-23-7-8-27-91(80)74-100)99-69-60-90(61-70-99)116-76-93-28-10-11-29-101(93)121-114-72-62-87-26-9-12-30-104(87)127(114)134-128(116)121/h1-78H. The van der Waals surface area contributed by atoms with Crippen molar-refractivity contribution in [3.63, 3.8) is 0 Å². The minimum atomic E-state index is 0.836. The van der Waals surface area contributed by atoms with Gasteiger partial charge in [-0.15, -0.1) is 22.7 Å². The van der Waals surface area contributed by atoms with Crippen molar-refractivity contribution in [1.29, 1.82) is 0 Å². The summed E-state index contributed by atoms with van der Waals surface area (Å²) in [4.78, 5) is 4.84. The van der Waals surface area contributed by atoms with Crippen molar-refractivity contribution in [2.75, 3.05) is 9.80 Å². The lowest BCUT2D eigenvalue weighted by molar-refractivity contribution is 0.671. The second kappa shape index (κ2) is 31.4. The topological polar surface area (TPSA) is 32.8 Å². The Bertz CT molecular complexity index is 9400. The minimum Gasteiger partial charge on any atom is -0.455 e. The molecular weight excluding hydrogens is 1660 g/mol. The molecule has 624 valence electrons. The minimum absolute atomic E-state index is 0.836. The zero-order valence-corrected chi connectivity index (χ0v) is 74.2. The zero-order valence-electron chi connectivity index (χ0n) is 72.6. The average Bonchev–Trinajstić information content (AvgIpc) is 1.56. The van der Waals surface area contributed by atoms with Crippen LogP contribution in [0.3, 0.4) is 0 Å². The third kappa shape index (κ3) is 12.9. The maximum atomic E-state index is 7.39. The molecule has 134 heavy (non-hydrogen) atoms. The molecule has 27 rings (SSSR count). The molecule has 0 unspecified atom stereocenters. The van der Waals surface area contributed by atoms with Gasteiger partial charge in [-0.25, -0.2) is 0 Å².